The normalized spacial score (nSPS) is 11.9. The number of Topliss-reactive ketones (excluding diaryl/α,β-unsaturated/α-hetero) is 1. The largest absolute Gasteiger partial charge is 0.482 e. The molecule has 0 fully saturated rings. The van der Waals surface area contributed by atoms with E-state index in [1.165, 1.54) is 32.2 Å². The Morgan fingerprint density at radius 3 is 1.76 bits per heavy atom. The number of nitrogens with one attached hydrogen (secondary N) is 2. The van der Waals surface area contributed by atoms with E-state index in [0.29, 0.717) is 47.2 Å². The number of aromatic carboxylic acids is 1. The highest BCUT2D eigenvalue weighted by Crippen LogP contribution is 2.38. The van der Waals surface area contributed by atoms with Gasteiger partial charge >= 0.3 is 17.9 Å². The van der Waals surface area contributed by atoms with Gasteiger partial charge in [-0.25, -0.2) is 22.8 Å². The van der Waals surface area contributed by atoms with Crippen molar-refractivity contribution in [2.24, 2.45) is 19.8 Å². The predicted molar refractivity (Wildman–Crippen MR) is 428 cm³/mol. The number of carbonyl (C=O) groups is 8. The molecule has 0 radical (unpaired) electrons. The minimum absolute atomic E-state index is 0.00791. The van der Waals surface area contributed by atoms with Crippen LogP contribution in [0.25, 0.3) is 49.1 Å². The van der Waals surface area contributed by atoms with E-state index < -0.39 is 46.1 Å². The van der Waals surface area contributed by atoms with Crippen molar-refractivity contribution in [1.29, 1.82) is 0 Å². The van der Waals surface area contributed by atoms with Gasteiger partial charge in [0, 0.05) is 86.2 Å². The topological polar surface area (TPSA) is 285 Å². The minimum Gasteiger partial charge on any atom is -0.482 e. The molecule has 21 nitrogen and oxygen atoms in total. The Hall–Kier alpha value is -12.7. The molecule has 0 unspecified atom stereocenters. The molecule has 564 valence electrons. The van der Waals surface area contributed by atoms with Crippen LogP contribution in [-0.2, 0) is 94.6 Å². The number of anilines is 2. The van der Waals surface area contributed by atoms with E-state index in [1.54, 1.807) is 46.8 Å². The van der Waals surface area contributed by atoms with Crippen LogP contribution in [0.5, 0.6) is 5.75 Å². The monoisotopic (exact) mass is 1520 g/mol. The Morgan fingerprint density at radius 1 is 0.573 bits per heavy atom. The number of primary amides is 1. The lowest BCUT2D eigenvalue weighted by molar-refractivity contribution is -0.140. The van der Waals surface area contributed by atoms with Crippen molar-refractivity contribution in [3.05, 3.63) is 291 Å². The van der Waals surface area contributed by atoms with Gasteiger partial charge in [0.1, 0.15) is 11.4 Å². The molecule has 5 N–H and O–H groups in total. The summed E-state index contributed by atoms with van der Waals surface area (Å²) < 4.78 is 45.6. The number of rotatable bonds is 21. The maximum Gasteiger partial charge on any atom is 0.359 e. The number of amides is 4. The number of para-hydroxylation sites is 1. The first kappa shape index (κ1) is 79.9. The number of fused-ring (bicyclic) bond motifs is 5. The smallest absolute Gasteiger partial charge is 0.359 e. The molecule has 0 saturated heterocycles. The van der Waals surface area contributed by atoms with Gasteiger partial charge in [-0.15, -0.1) is 0 Å². The number of ether oxygens (including phenoxy) is 3. The van der Waals surface area contributed by atoms with Crippen LogP contribution in [0.15, 0.2) is 229 Å². The number of hydrogen-bond acceptors (Lipinski definition) is 13. The summed E-state index contributed by atoms with van der Waals surface area (Å²) in [4.78, 5) is 100.0. The highest BCUT2D eigenvalue weighted by Gasteiger charge is 2.40. The first-order valence-corrected chi connectivity index (χ1v) is 37.1. The Kier molecular flexibility index (Phi) is 26.0. The number of carboxylic acid groups (broad SMARTS) is 1. The van der Waals surface area contributed by atoms with E-state index in [1.807, 2.05) is 209 Å². The van der Waals surface area contributed by atoms with Crippen LogP contribution in [0.4, 0.5) is 11.4 Å². The first-order valence-electron chi connectivity index (χ1n) is 35.3. The van der Waals surface area contributed by atoms with Gasteiger partial charge in [0.05, 0.1) is 47.7 Å². The van der Waals surface area contributed by atoms with Crippen LogP contribution in [0.1, 0.15) is 91.3 Å². The molecule has 0 spiro atoms. The van der Waals surface area contributed by atoms with Crippen LogP contribution >= 0.6 is 11.6 Å². The van der Waals surface area contributed by atoms with Crippen molar-refractivity contribution in [3.63, 3.8) is 0 Å². The van der Waals surface area contributed by atoms with Crippen molar-refractivity contribution in [2.45, 2.75) is 78.2 Å². The van der Waals surface area contributed by atoms with Crippen molar-refractivity contribution in [1.82, 2.24) is 18.3 Å². The fourth-order valence-corrected chi connectivity index (χ4v) is 14.8. The van der Waals surface area contributed by atoms with Crippen LogP contribution in [0.3, 0.4) is 0 Å². The molecule has 0 saturated carbocycles. The number of sulfonamides is 1. The third kappa shape index (κ3) is 19.0. The zero-order valence-corrected chi connectivity index (χ0v) is 63.9. The van der Waals surface area contributed by atoms with Crippen LogP contribution < -0.4 is 21.1 Å². The minimum atomic E-state index is -4.02. The number of esters is 2. The van der Waals surface area contributed by atoms with Gasteiger partial charge in [0.25, 0.3) is 10.0 Å². The number of ketones is 1. The van der Waals surface area contributed by atoms with E-state index in [0.717, 1.165) is 106 Å². The zero-order chi connectivity index (χ0) is 79.1. The fraction of sp³-hybridized carbons (Fsp3) is 0.195. The number of carboxylic acids is 1. The molecule has 0 bridgehead atoms. The molecule has 4 amide bonds. The number of nitrogens with zero attached hydrogens (tertiary/aromatic N) is 4. The summed E-state index contributed by atoms with van der Waals surface area (Å²) in [6.45, 7) is 9.79. The van der Waals surface area contributed by atoms with Gasteiger partial charge in [-0.3, -0.25) is 28.3 Å². The van der Waals surface area contributed by atoms with Crippen molar-refractivity contribution >= 4 is 129 Å². The fourth-order valence-electron chi connectivity index (χ4n) is 13.2. The summed E-state index contributed by atoms with van der Waals surface area (Å²) in [6, 6.07) is 67.7. The molecule has 0 atom stereocenters. The molecular weight excluding hydrogens is 1430 g/mol. The number of likely N-dealkylation sites (N-methyl/N-ethyl adjacent to an activating group) is 1. The van der Waals surface area contributed by atoms with Gasteiger partial charge in [0.2, 0.25) is 23.6 Å². The molecule has 1 aliphatic rings. The Morgan fingerprint density at radius 2 is 1.13 bits per heavy atom. The molecule has 12 aromatic rings. The van der Waals surface area contributed by atoms with E-state index in [2.05, 4.69) is 10.6 Å². The van der Waals surface area contributed by atoms with Crippen molar-refractivity contribution in [3.8, 4) is 5.75 Å². The molecule has 3 heterocycles. The zero-order valence-electron chi connectivity index (χ0n) is 62.3. The summed E-state index contributed by atoms with van der Waals surface area (Å²) in [6.07, 6.45) is 1.39. The second-order valence-electron chi connectivity index (χ2n) is 26.4. The van der Waals surface area contributed by atoms with Gasteiger partial charge in [0.15, 0.2) is 23.8 Å². The lowest BCUT2D eigenvalue weighted by Crippen LogP contribution is -2.36. The average Bonchev–Trinajstić information content (AvgIpc) is 1.02. The Labute approximate surface area is 642 Å². The lowest BCUT2D eigenvalue weighted by Gasteiger charge is -2.29. The SMILES string of the molecule is CC(=O)c1c(CC(=O)Nc2ccc(C)cc2Cl)c2cc(C)ccc2n1C.CCc1ccccc1NC(=O)Cc1c(C(=O)O)n(C)c2ccc(C)cc12.COC(=O)C1=C(OC(=O)COc2ccc3ccccc3c2)c2ccccc2S(=O)(=O)N1C.NC(=O)CCN(Cc1ccccc1)C(=O)Cc1cccc2ccccc12. The number of methoxy groups -OCH3 is 1. The lowest BCUT2D eigenvalue weighted by atomic mass is 10.0. The van der Waals surface area contributed by atoms with Gasteiger partial charge < -0.3 is 49.7 Å². The number of nitrogens with two attached hydrogens (primary N) is 1. The molecular formula is C87H84ClN7O14S. The molecule has 1 aliphatic heterocycles. The van der Waals surface area contributed by atoms with E-state index in [9.17, 15) is 51.9 Å². The van der Waals surface area contributed by atoms with E-state index in [4.69, 9.17) is 31.5 Å². The molecule has 2 aromatic heterocycles. The van der Waals surface area contributed by atoms with Gasteiger partial charge in [-0.05, 0) is 143 Å². The number of carbonyl (C=O) groups excluding carboxylic acids is 7. The molecule has 10 aromatic carbocycles. The summed E-state index contributed by atoms with van der Waals surface area (Å²) in [5.74, 6) is -3.43. The summed E-state index contributed by atoms with van der Waals surface area (Å²) in [5.41, 5.74) is 16.3. The third-order valence-corrected chi connectivity index (χ3v) is 20.7. The number of aromatic nitrogens is 2. The Bertz CT molecular complexity index is 5690. The molecule has 23 heteroatoms. The molecule has 13 rings (SSSR count). The van der Waals surface area contributed by atoms with E-state index in [-0.39, 0.29) is 64.7 Å². The summed E-state index contributed by atoms with van der Waals surface area (Å²) >= 11 is 6.21. The first-order chi connectivity index (χ1) is 52.6. The number of aryl methyl sites for hydroxylation is 6. The maximum absolute atomic E-state index is 12.9. The van der Waals surface area contributed by atoms with Gasteiger partial charge in [-0.2, -0.15) is 0 Å². The molecule has 110 heavy (non-hydrogen) atoms. The number of benzene rings is 10. The number of halogens is 1. The van der Waals surface area contributed by atoms with E-state index >= 15 is 0 Å². The van der Waals surface area contributed by atoms with Gasteiger partial charge in [-0.1, -0.05) is 181 Å². The highest BCUT2D eigenvalue weighted by atomic mass is 35.5. The van der Waals surface area contributed by atoms with Crippen LogP contribution in [0.2, 0.25) is 5.02 Å². The van der Waals surface area contributed by atoms with Crippen molar-refractivity contribution < 1.29 is 66.1 Å². The predicted octanol–water partition coefficient (Wildman–Crippen LogP) is 15.0. The standard InChI is InChI=1S/C23H19NO7S.C22H22N2O2.C21H21ClN2O2.C21H22N2O3/c1-24-21(23(26)29-2)22(18-9-5-6-10-19(18)32(24,27)28)31-20(25)14-30-17-12-11-15-7-3-4-8-16(15)13-17;23-21(25)13-14-24(16-17-7-2-1-3-8-17)22(26)15-19-11-6-10-18-9-4-5-12-20(18)19;1-12-6-8-19-15(9-12)16(21(14(3)25)24(19)4)11-20(26)23-18-7-5-13(2)10-17(18)22;1-4-14-7-5-6-8-17(14)22-19(24)12-16-15-11-13(2)9-10-18(15)23(3)20(16)21(25)26/h3-13H,14H2,1-2H3;1-12H,13-16H2,(H2,23,25);5-10H,11H2,1-4H3,(H,23,26);5-11H,4,12H2,1-3H3,(H,22,24)(H,25,26). The second-order valence-corrected chi connectivity index (χ2v) is 28.7. The third-order valence-electron chi connectivity index (χ3n) is 18.6. The highest BCUT2D eigenvalue weighted by molar-refractivity contribution is 7.89. The van der Waals surface area contributed by atoms with Crippen LogP contribution in [0, 0.1) is 20.8 Å². The number of hydrogen-bond donors (Lipinski definition) is 4. The van der Waals surface area contributed by atoms with Crippen molar-refractivity contribution in [2.75, 3.05) is 37.9 Å². The van der Waals surface area contributed by atoms with Crippen LogP contribution in [-0.4, -0.2) is 106 Å². The quantitative estimate of drug-likeness (QED) is 0.0384. The second kappa shape index (κ2) is 35.8. The summed E-state index contributed by atoms with van der Waals surface area (Å²) in [5, 5.41) is 21.8. The maximum atomic E-state index is 12.9. The molecule has 0 aliphatic carbocycles. The summed E-state index contributed by atoms with van der Waals surface area (Å²) in [7, 11) is 1.85. The Balaban J connectivity index is 0.000000157. The average molecular weight is 1520 g/mol.